The van der Waals surface area contributed by atoms with Crippen molar-refractivity contribution in [3.05, 3.63) is 54.1 Å². The Balaban J connectivity index is 1.66. The van der Waals surface area contributed by atoms with Gasteiger partial charge in [-0.05, 0) is 12.5 Å². The van der Waals surface area contributed by atoms with Gasteiger partial charge in [0.05, 0.1) is 12.9 Å². The van der Waals surface area contributed by atoms with Crippen LogP contribution < -0.4 is 5.32 Å². The van der Waals surface area contributed by atoms with Crippen molar-refractivity contribution in [2.75, 3.05) is 6.54 Å². The van der Waals surface area contributed by atoms with Crippen molar-refractivity contribution >= 4 is 5.91 Å². The van der Waals surface area contributed by atoms with Gasteiger partial charge in [0, 0.05) is 24.9 Å². The van der Waals surface area contributed by atoms with E-state index >= 15 is 0 Å². The second-order valence-corrected chi connectivity index (χ2v) is 4.56. The van der Waals surface area contributed by atoms with E-state index in [0.717, 1.165) is 17.7 Å². The Bertz CT molecular complexity index is 511. The van der Waals surface area contributed by atoms with Crippen LogP contribution in [0.4, 0.5) is 0 Å². The van der Waals surface area contributed by atoms with Crippen LogP contribution in [0.25, 0.3) is 0 Å². The summed E-state index contributed by atoms with van der Waals surface area (Å²) in [6.45, 7) is 2.77. The predicted molar refractivity (Wildman–Crippen MR) is 76.0 cm³/mol. The van der Waals surface area contributed by atoms with Crippen LogP contribution >= 0.6 is 0 Å². The number of carbonyl (C=O) groups excluding carboxylic acids is 1. The van der Waals surface area contributed by atoms with Crippen molar-refractivity contribution in [3.8, 4) is 0 Å². The lowest BCUT2D eigenvalue weighted by molar-refractivity contribution is -0.132. The van der Waals surface area contributed by atoms with E-state index in [1.54, 1.807) is 19.4 Å². The van der Waals surface area contributed by atoms with Crippen molar-refractivity contribution in [3.63, 3.8) is 0 Å². The van der Waals surface area contributed by atoms with Crippen molar-refractivity contribution in [2.45, 2.75) is 26.1 Å². The van der Waals surface area contributed by atoms with Gasteiger partial charge in [-0.15, -0.1) is 0 Å². The number of hydrogen-bond acceptors (Lipinski definition) is 3. The Morgan fingerprint density at radius 3 is 2.90 bits per heavy atom. The number of ether oxygens (including phenoxy) is 1. The number of nitrogens with one attached hydrogen (secondary N) is 2. The molecule has 5 heteroatoms. The molecule has 2 N–H and O–H groups in total. The number of carbonyl (C=O) groups is 1. The minimum atomic E-state index is -0.461. The first-order valence-corrected chi connectivity index (χ1v) is 6.66. The number of hydrogen-bond donors (Lipinski definition) is 2. The summed E-state index contributed by atoms with van der Waals surface area (Å²) in [5.41, 5.74) is 2.06. The number of aromatic nitrogens is 2. The van der Waals surface area contributed by atoms with E-state index in [2.05, 4.69) is 15.3 Å². The third kappa shape index (κ3) is 4.51. The molecule has 2 aromatic rings. The van der Waals surface area contributed by atoms with Gasteiger partial charge >= 0.3 is 0 Å². The van der Waals surface area contributed by atoms with E-state index in [-0.39, 0.29) is 5.91 Å². The zero-order valence-corrected chi connectivity index (χ0v) is 11.5. The topological polar surface area (TPSA) is 67.0 Å². The van der Waals surface area contributed by atoms with E-state index in [4.69, 9.17) is 4.74 Å². The molecular weight excluding hydrogens is 254 g/mol. The van der Waals surface area contributed by atoms with Gasteiger partial charge in [-0.25, -0.2) is 4.98 Å². The lowest BCUT2D eigenvalue weighted by atomic mass is 10.2. The molecule has 0 saturated heterocycles. The van der Waals surface area contributed by atoms with Gasteiger partial charge in [-0.2, -0.15) is 0 Å². The molecule has 1 amide bonds. The number of aromatic amines is 1. The van der Waals surface area contributed by atoms with Gasteiger partial charge in [-0.1, -0.05) is 30.3 Å². The maximum Gasteiger partial charge on any atom is 0.248 e. The molecule has 0 spiro atoms. The molecule has 0 aliphatic carbocycles. The van der Waals surface area contributed by atoms with E-state index in [9.17, 15) is 4.79 Å². The number of amides is 1. The molecule has 1 aromatic carbocycles. The number of imidazole rings is 1. The van der Waals surface area contributed by atoms with Crippen LogP contribution in [0.1, 0.15) is 18.2 Å². The highest BCUT2D eigenvalue weighted by atomic mass is 16.5. The van der Waals surface area contributed by atoms with Crippen LogP contribution in [-0.2, 0) is 22.6 Å². The van der Waals surface area contributed by atoms with Gasteiger partial charge in [0.2, 0.25) is 5.91 Å². The average Bonchev–Trinajstić information content (AvgIpc) is 2.99. The molecule has 1 unspecified atom stereocenters. The lowest BCUT2D eigenvalue weighted by Crippen LogP contribution is -2.35. The molecular formula is C15H19N3O2. The van der Waals surface area contributed by atoms with Gasteiger partial charge in [0.25, 0.3) is 0 Å². The van der Waals surface area contributed by atoms with Gasteiger partial charge < -0.3 is 15.0 Å². The quantitative estimate of drug-likeness (QED) is 0.806. The molecule has 0 bridgehead atoms. The second-order valence-electron chi connectivity index (χ2n) is 4.56. The number of nitrogens with zero attached hydrogens (tertiary/aromatic N) is 1. The van der Waals surface area contributed by atoms with Crippen molar-refractivity contribution < 1.29 is 9.53 Å². The largest absolute Gasteiger partial charge is 0.364 e. The maximum atomic E-state index is 11.8. The first-order chi connectivity index (χ1) is 9.75. The number of benzene rings is 1. The first-order valence-electron chi connectivity index (χ1n) is 6.66. The lowest BCUT2D eigenvalue weighted by Gasteiger charge is -2.13. The van der Waals surface area contributed by atoms with Crippen LogP contribution in [-0.4, -0.2) is 28.5 Å². The molecule has 1 atom stereocenters. The molecule has 0 aliphatic rings. The van der Waals surface area contributed by atoms with Crippen LogP contribution in [0, 0.1) is 0 Å². The summed E-state index contributed by atoms with van der Waals surface area (Å²) in [6, 6.07) is 9.81. The summed E-state index contributed by atoms with van der Waals surface area (Å²) >= 11 is 0. The zero-order chi connectivity index (χ0) is 14.2. The van der Waals surface area contributed by atoms with Crippen molar-refractivity contribution in [1.29, 1.82) is 0 Å². The highest BCUT2D eigenvalue weighted by molar-refractivity contribution is 5.80. The smallest absolute Gasteiger partial charge is 0.248 e. The fourth-order valence-corrected chi connectivity index (χ4v) is 1.76. The van der Waals surface area contributed by atoms with E-state index in [0.29, 0.717) is 13.2 Å². The van der Waals surface area contributed by atoms with Crippen LogP contribution in [0.15, 0.2) is 42.9 Å². The monoisotopic (exact) mass is 273 g/mol. The summed E-state index contributed by atoms with van der Waals surface area (Å²) in [7, 11) is 0. The Kier molecular flexibility index (Phi) is 5.32. The minimum Gasteiger partial charge on any atom is -0.364 e. The third-order valence-corrected chi connectivity index (χ3v) is 2.96. The summed E-state index contributed by atoms with van der Waals surface area (Å²) in [5, 5.41) is 2.85. The molecule has 106 valence electrons. The molecule has 0 fully saturated rings. The Labute approximate surface area is 118 Å². The van der Waals surface area contributed by atoms with Crippen LogP contribution in [0.3, 0.4) is 0 Å². The summed E-state index contributed by atoms with van der Waals surface area (Å²) in [4.78, 5) is 18.7. The van der Waals surface area contributed by atoms with Crippen molar-refractivity contribution in [2.24, 2.45) is 0 Å². The predicted octanol–water partition coefficient (Wildman–Crippen LogP) is 1.67. The number of H-pyrrole nitrogens is 1. The highest BCUT2D eigenvalue weighted by Crippen LogP contribution is 2.03. The van der Waals surface area contributed by atoms with Crippen molar-refractivity contribution in [1.82, 2.24) is 15.3 Å². The normalized spacial score (nSPS) is 12.1. The van der Waals surface area contributed by atoms with E-state index < -0.39 is 6.10 Å². The Morgan fingerprint density at radius 2 is 2.20 bits per heavy atom. The van der Waals surface area contributed by atoms with Gasteiger partial charge in [0.1, 0.15) is 6.10 Å². The fraction of sp³-hybridized carbons (Fsp3) is 0.333. The maximum absolute atomic E-state index is 11.8. The molecule has 20 heavy (non-hydrogen) atoms. The summed E-state index contributed by atoms with van der Waals surface area (Å²) in [5.74, 6) is -0.0968. The van der Waals surface area contributed by atoms with Crippen LogP contribution in [0.5, 0.6) is 0 Å². The van der Waals surface area contributed by atoms with Crippen LogP contribution in [0.2, 0.25) is 0 Å². The molecule has 0 saturated carbocycles. The second kappa shape index (κ2) is 7.45. The highest BCUT2D eigenvalue weighted by Gasteiger charge is 2.12. The molecule has 1 heterocycles. The van der Waals surface area contributed by atoms with Gasteiger partial charge in [-0.3, -0.25) is 4.79 Å². The van der Waals surface area contributed by atoms with E-state index in [1.165, 1.54) is 0 Å². The zero-order valence-electron chi connectivity index (χ0n) is 11.5. The average molecular weight is 273 g/mol. The third-order valence-electron chi connectivity index (χ3n) is 2.96. The standard InChI is InChI=1S/C15H19N3O2/c1-12(20-10-13-5-3-2-4-6-13)15(19)17-8-7-14-9-16-11-18-14/h2-6,9,11-12H,7-8,10H2,1H3,(H,16,18)(H,17,19). The molecule has 1 aromatic heterocycles. The fourth-order valence-electron chi connectivity index (χ4n) is 1.76. The first kappa shape index (κ1) is 14.3. The molecule has 0 aliphatic heterocycles. The summed E-state index contributed by atoms with van der Waals surface area (Å²) in [6.07, 6.45) is 3.65. The SMILES string of the molecule is CC(OCc1ccccc1)C(=O)NCCc1cnc[nH]1. The minimum absolute atomic E-state index is 0.0968. The molecule has 0 radical (unpaired) electrons. The number of rotatable bonds is 7. The molecule has 2 rings (SSSR count). The molecule has 5 nitrogen and oxygen atoms in total. The summed E-state index contributed by atoms with van der Waals surface area (Å²) < 4.78 is 5.55. The Morgan fingerprint density at radius 1 is 1.40 bits per heavy atom. The van der Waals surface area contributed by atoms with Gasteiger partial charge in [0.15, 0.2) is 0 Å². The van der Waals surface area contributed by atoms with E-state index in [1.807, 2.05) is 30.3 Å². The Hall–Kier alpha value is -2.14.